The molecule has 1 N–H and O–H groups in total. The minimum absolute atomic E-state index is 0.0658. The Kier molecular flexibility index (Phi) is 5.68. The number of nitrogens with one attached hydrogen (secondary N) is 1. The topological polar surface area (TPSA) is 84.9 Å². The van der Waals surface area contributed by atoms with E-state index in [2.05, 4.69) is 10.8 Å². The molecule has 7 nitrogen and oxygen atoms in total. The number of ether oxygens (including phenoxy) is 2. The summed E-state index contributed by atoms with van der Waals surface area (Å²) in [5.41, 5.74) is 3.17. The van der Waals surface area contributed by atoms with Crippen molar-refractivity contribution in [3.8, 4) is 11.5 Å². The van der Waals surface area contributed by atoms with Crippen molar-refractivity contribution in [2.24, 2.45) is 0 Å². The van der Waals surface area contributed by atoms with Gasteiger partial charge >= 0.3 is 0 Å². The molecular formula is C25H24N2O5S. The summed E-state index contributed by atoms with van der Waals surface area (Å²) in [4.78, 5) is 15.0. The molecule has 0 saturated heterocycles. The van der Waals surface area contributed by atoms with E-state index < -0.39 is 10.0 Å². The summed E-state index contributed by atoms with van der Waals surface area (Å²) >= 11 is 0. The standard InChI is InChI=1S/C25H24N2O5S/c28-25(27-12-11-18-5-1-2-6-20(18)17-27)19-7-3-8-21(15-19)26-33(29,30)22-9-10-23-24(16-22)32-14-4-13-31-23/h1-3,5-10,15-16,26H,4,11-14,17H2. The van der Waals surface area contributed by atoms with Crippen molar-refractivity contribution in [2.45, 2.75) is 24.3 Å². The molecule has 0 bridgehead atoms. The van der Waals surface area contributed by atoms with Gasteiger partial charge in [0.1, 0.15) is 0 Å². The van der Waals surface area contributed by atoms with E-state index in [9.17, 15) is 13.2 Å². The molecule has 0 fully saturated rings. The summed E-state index contributed by atoms with van der Waals surface area (Å²) in [5, 5.41) is 0. The average molecular weight is 465 g/mol. The molecule has 33 heavy (non-hydrogen) atoms. The Morgan fingerprint density at radius 1 is 0.879 bits per heavy atom. The summed E-state index contributed by atoms with van der Waals surface area (Å²) in [6.07, 6.45) is 1.54. The van der Waals surface area contributed by atoms with Gasteiger partial charge in [-0.3, -0.25) is 9.52 Å². The van der Waals surface area contributed by atoms with E-state index in [1.807, 2.05) is 18.2 Å². The molecule has 0 radical (unpaired) electrons. The Labute approximate surface area is 193 Å². The van der Waals surface area contributed by atoms with Crippen LogP contribution in [0.3, 0.4) is 0 Å². The van der Waals surface area contributed by atoms with Gasteiger partial charge in [0.15, 0.2) is 11.5 Å². The van der Waals surface area contributed by atoms with Gasteiger partial charge in [0.05, 0.1) is 18.1 Å². The first-order valence-electron chi connectivity index (χ1n) is 10.9. The number of hydrogen-bond acceptors (Lipinski definition) is 5. The molecule has 3 aromatic rings. The number of benzene rings is 3. The lowest BCUT2D eigenvalue weighted by Crippen LogP contribution is -2.35. The van der Waals surface area contributed by atoms with Crippen LogP contribution in [0.1, 0.15) is 27.9 Å². The van der Waals surface area contributed by atoms with Crippen LogP contribution in [-0.2, 0) is 23.0 Å². The second-order valence-corrected chi connectivity index (χ2v) is 9.77. The van der Waals surface area contributed by atoms with Crippen molar-refractivity contribution >= 4 is 21.6 Å². The summed E-state index contributed by atoms with van der Waals surface area (Å²) in [7, 11) is -3.88. The fourth-order valence-corrected chi connectivity index (χ4v) is 5.16. The van der Waals surface area contributed by atoms with Gasteiger partial charge in [-0.05, 0) is 47.9 Å². The van der Waals surface area contributed by atoms with Crippen LogP contribution >= 0.6 is 0 Å². The van der Waals surface area contributed by atoms with Crippen LogP contribution in [0.4, 0.5) is 5.69 Å². The zero-order chi connectivity index (χ0) is 22.8. The van der Waals surface area contributed by atoms with E-state index in [1.54, 1.807) is 35.2 Å². The normalized spacial score (nSPS) is 15.3. The first kappa shape index (κ1) is 21.3. The number of anilines is 1. The van der Waals surface area contributed by atoms with Gasteiger partial charge in [-0.1, -0.05) is 30.3 Å². The summed E-state index contributed by atoms with van der Waals surface area (Å²) in [5.74, 6) is 0.813. The van der Waals surface area contributed by atoms with Crippen molar-refractivity contribution in [3.63, 3.8) is 0 Å². The third kappa shape index (κ3) is 4.52. The van der Waals surface area contributed by atoms with Crippen LogP contribution in [0.2, 0.25) is 0 Å². The second kappa shape index (κ2) is 8.78. The van der Waals surface area contributed by atoms with Gasteiger partial charge in [0.25, 0.3) is 15.9 Å². The molecule has 5 rings (SSSR count). The Balaban J connectivity index is 1.34. The average Bonchev–Trinajstić information content (AvgIpc) is 3.08. The van der Waals surface area contributed by atoms with Gasteiger partial charge in [0, 0.05) is 36.8 Å². The zero-order valence-corrected chi connectivity index (χ0v) is 18.8. The molecule has 0 saturated carbocycles. The first-order valence-corrected chi connectivity index (χ1v) is 12.4. The van der Waals surface area contributed by atoms with Gasteiger partial charge in [0.2, 0.25) is 0 Å². The highest BCUT2D eigenvalue weighted by atomic mass is 32.2. The van der Waals surface area contributed by atoms with Gasteiger partial charge in [-0.2, -0.15) is 0 Å². The van der Waals surface area contributed by atoms with Gasteiger partial charge in [-0.15, -0.1) is 0 Å². The third-order valence-electron chi connectivity index (χ3n) is 5.81. The number of rotatable bonds is 4. The summed E-state index contributed by atoms with van der Waals surface area (Å²) < 4.78 is 39.7. The van der Waals surface area contributed by atoms with Crippen molar-refractivity contribution in [3.05, 3.63) is 83.4 Å². The molecule has 0 aromatic heterocycles. The lowest BCUT2D eigenvalue weighted by Gasteiger charge is -2.29. The van der Waals surface area contributed by atoms with E-state index in [0.717, 1.165) is 18.4 Å². The lowest BCUT2D eigenvalue weighted by molar-refractivity contribution is 0.0734. The molecule has 170 valence electrons. The number of amides is 1. The first-order chi connectivity index (χ1) is 16.0. The maximum atomic E-state index is 13.1. The predicted octanol–water partition coefficient (Wildman–Crippen LogP) is 3.85. The third-order valence-corrected chi connectivity index (χ3v) is 7.19. The highest BCUT2D eigenvalue weighted by Gasteiger charge is 2.23. The monoisotopic (exact) mass is 464 g/mol. The fraction of sp³-hybridized carbons (Fsp3) is 0.240. The molecule has 3 aromatic carbocycles. The largest absolute Gasteiger partial charge is 0.490 e. The van der Waals surface area contributed by atoms with Crippen molar-refractivity contribution in [1.82, 2.24) is 4.90 Å². The Morgan fingerprint density at radius 2 is 1.67 bits per heavy atom. The maximum absolute atomic E-state index is 13.1. The van der Waals surface area contributed by atoms with Gasteiger partial charge in [-0.25, -0.2) is 8.42 Å². The number of sulfonamides is 1. The molecule has 0 atom stereocenters. The molecule has 2 aliphatic heterocycles. The van der Waals surface area contributed by atoms with E-state index in [1.165, 1.54) is 17.7 Å². The minimum atomic E-state index is -3.88. The van der Waals surface area contributed by atoms with Crippen molar-refractivity contribution in [1.29, 1.82) is 0 Å². The van der Waals surface area contributed by atoms with Crippen LogP contribution in [0, 0.1) is 0 Å². The minimum Gasteiger partial charge on any atom is -0.490 e. The summed E-state index contributed by atoms with van der Waals surface area (Å²) in [6, 6.07) is 19.2. The Bertz CT molecular complexity index is 1310. The summed E-state index contributed by atoms with van der Waals surface area (Å²) in [6.45, 7) is 2.17. The molecule has 0 unspecified atom stereocenters. The number of fused-ring (bicyclic) bond motifs is 2. The number of carbonyl (C=O) groups is 1. The quantitative estimate of drug-likeness (QED) is 0.634. The Hall–Kier alpha value is -3.52. The lowest BCUT2D eigenvalue weighted by atomic mass is 9.99. The number of carbonyl (C=O) groups excluding carboxylic acids is 1. The number of hydrogen-bond donors (Lipinski definition) is 1. The van der Waals surface area contributed by atoms with Gasteiger partial charge < -0.3 is 14.4 Å². The molecular weight excluding hydrogens is 440 g/mol. The van der Waals surface area contributed by atoms with Crippen LogP contribution in [0.5, 0.6) is 11.5 Å². The van der Waals surface area contributed by atoms with E-state index in [-0.39, 0.29) is 10.8 Å². The SMILES string of the molecule is O=C(c1cccc(NS(=O)(=O)c2ccc3c(c2)OCCCO3)c1)N1CCc2ccccc2C1. The second-order valence-electron chi connectivity index (χ2n) is 8.09. The zero-order valence-electron chi connectivity index (χ0n) is 18.0. The molecule has 0 aliphatic carbocycles. The smallest absolute Gasteiger partial charge is 0.262 e. The molecule has 2 aliphatic rings. The predicted molar refractivity (Wildman–Crippen MR) is 124 cm³/mol. The van der Waals surface area contributed by atoms with Crippen molar-refractivity contribution < 1.29 is 22.7 Å². The molecule has 2 heterocycles. The van der Waals surface area contributed by atoms with E-state index >= 15 is 0 Å². The highest BCUT2D eigenvalue weighted by Crippen LogP contribution is 2.32. The highest BCUT2D eigenvalue weighted by molar-refractivity contribution is 7.92. The van der Waals surface area contributed by atoms with Crippen LogP contribution in [0.15, 0.2) is 71.6 Å². The molecule has 1 amide bonds. The number of nitrogens with zero attached hydrogens (tertiary/aromatic N) is 1. The Morgan fingerprint density at radius 3 is 2.52 bits per heavy atom. The fourth-order valence-electron chi connectivity index (χ4n) is 4.09. The van der Waals surface area contributed by atoms with Crippen LogP contribution < -0.4 is 14.2 Å². The van der Waals surface area contributed by atoms with E-state index in [4.69, 9.17) is 9.47 Å². The molecule has 0 spiro atoms. The van der Waals surface area contributed by atoms with Crippen LogP contribution in [0.25, 0.3) is 0 Å². The molecule has 8 heteroatoms. The van der Waals surface area contributed by atoms with E-state index in [0.29, 0.717) is 49.1 Å². The van der Waals surface area contributed by atoms with Crippen molar-refractivity contribution in [2.75, 3.05) is 24.5 Å². The maximum Gasteiger partial charge on any atom is 0.262 e. The van der Waals surface area contributed by atoms with Crippen LogP contribution in [-0.4, -0.2) is 39.0 Å².